The Hall–Kier alpha value is -2.55. The Morgan fingerprint density at radius 2 is 1.81 bits per heavy atom. The fraction of sp³-hybridized carbons (Fsp3) is 0.167. The fourth-order valence-electron chi connectivity index (χ4n) is 2.52. The zero-order valence-corrected chi connectivity index (χ0v) is 12.1. The van der Waals surface area contributed by atoms with Crippen LogP contribution >= 0.6 is 0 Å². The molecule has 0 aliphatic rings. The molecule has 0 radical (unpaired) electrons. The summed E-state index contributed by atoms with van der Waals surface area (Å²) in [7, 11) is 0. The molecular formula is C18H19N3. The molecule has 0 bridgehead atoms. The molecule has 0 saturated carbocycles. The van der Waals surface area contributed by atoms with E-state index in [9.17, 15) is 0 Å². The van der Waals surface area contributed by atoms with Crippen LogP contribution < -0.4 is 11.1 Å². The average Bonchev–Trinajstić information content (AvgIpc) is 2.52. The van der Waals surface area contributed by atoms with Gasteiger partial charge in [0.05, 0.1) is 0 Å². The number of nitrogens with two attached hydrogens (primary N) is 1. The molecule has 3 N–H and O–H groups in total. The molecule has 1 aromatic heterocycles. The van der Waals surface area contributed by atoms with E-state index in [2.05, 4.69) is 41.5 Å². The number of nitrogens with one attached hydrogen (secondary N) is 1. The standard InChI is InChI=1S/C18H19N3/c1-2-3-13-4-6-14(7-5-13)21-18-9-8-17(19)15-10-11-20-12-16(15)18/h4-12,21H,2-3,19H2,1H3. The van der Waals surface area contributed by atoms with Gasteiger partial charge in [0.15, 0.2) is 0 Å². The zero-order valence-electron chi connectivity index (χ0n) is 12.1. The zero-order chi connectivity index (χ0) is 14.7. The quantitative estimate of drug-likeness (QED) is 0.690. The Labute approximate surface area is 124 Å². The van der Waals surface area contributed by atoms with Crippen molar-refractivity contribution in [1.82, 2.24) is 4.98 Å². The lowest BCUT2D eigenvalue weighted by Crippen LogP contribution is -1.95. The van der Waals surface area contributed by atoms with E-state index in [0.29, 0.717) is 0 Å². The Morgan fingerprint density at radius 1 is 1.00 bits per heavy atom. The smallest absolute Gasteiger partial charge is 0.0481 e. The highest BCUT2D eigenvalue weighted by atomic mass is 14.9. The van der Waals surface area contributed by atoms with Gasteiger partial charge in [0, 0.05) is 40.2 Å². The van der Waals surface area contributed by atoms with Crippen molar-refractivity contribution < 1.29 is 0 Å². The summed E-state index contributed by atoms with van der Waals surface area (Å²) in [6, 6.07) is 14.4. The van der Waals surface area contributed by atoms with Crippen molar-refractivity contribution in [2.75, 3.05) is 11.1 Å². The molecule has 0 unspecified atom stereocenters. The van der Waals surface area contributed by atoms with Crippen LogP contribution in [0.25, 0.3) is 10.8 Å². The maximum Gasteiger partial charge on any atom is 0.0481 e. The number of nitrogen functional groups attached to an aromatic ring is 1. The number of aromatic nitrogens is 1. The van der Waals surface area contributed by atoms with E-state index in [1.165, 1.54) is 12.0 Å². The van der Waals surface area contributed by atoms with Gasteiger partial charge in [-0.2, -0.15) is 0 Å². The average molecular weight is 277 g/mol. The normalized spacial score (nSPS) is 10.7. The van der Waals surface area contributed by atoms with Crippen molar-refractivity contribution in [2.45, 2.75) is 19.8 Å². The first kappa shape index (κ1) is 13.4. The molecular weight excluding hydrogens is 258 g/mol. The predicted octanol–water partition coefficient (Wildman–Crippen LogP) is 4.51. The highest BCUT2D eigenvalue weighted by Gasteiger charge is 2.04. The van der Waals surface area contributed by atoms with E-state index in [1.54, 1.807) is 6.20 Å². The first-order valence-corrected chi connectivity index (χ1v) is 7.26. The summed E-state index contributed by atoms with van der Waals surface area (Å²) in [5, 5.41) is 5.51. The van der Waals surface area contributed by atoms with E-state index < -0.39 is 0 Å². The van der Waals surface area contributed by atoms with Crippen LogP contribution in [0.4, 0.5) is 17.1 Å². The minimum absolute atomic E-state index is 0.774. The van der Waals surface area contributed by atoms with Gasteiger partial charge in [-0.1, -0.05) is 25.5 Å². The second-order valence-electron chi connectivity index (χ2n) is 5.20. The maximum absolute atomic E-state index is 6.02. The van der Waals surface area contributed by atoms with E-state index in [0.717, 1.165) is 34.3 Å². The summed E-state index contributed by atoms with van der Waals surface area (Å²) in [6.45, 7) is 2.19. The van der Waals surface area contributed by atoms with Gasteiger partial charge in [0.1, 0.15) is 0 Å². The number of aryl methyl sites for hydroxylation is 1. The van der Waals surface area contributed by atoms with Crippen LogP contribution in [0.5, 0.6) is 0 Å². The van der Waals surface area contributed by atoms with Crippen LogP contribution in [-0.2, 0) is 6.42 Å². The summed E-state index contributed by atoms with van der Waals surface area (Å²) in [4.78, 5) is 4.20. The summed E-state index contributed by atoms with van der Waals surface area (Å²) in [6.07, 6.45) is 5.90. The Kier molecular flexibility index (Phi) is 3.73. The highest BCUT2D eigenvalue weighted by molar-refractivity contribution is 6.01. The number of rotatable bonds is 4. The van der Waals surface area contributed by atoms with Crippen LogP contribution in [-0.4, -0.2) is 4.98 Å². The van der Waals surface area contributed by atoms with Crippen molar-refractivity contribution in [3.8, 4) is 0 Å². The van der Waals surface area contributed by atoms with Crippen molar-refractivity contribution in [2.24, 2.45) is 0 Å². The molecule has 0 saturated heterocycles. The molecule has 0 spiro atoms. The summed E-state index contributed by atoms with van der Waals surface area (Å²) >= 11 is 0. The second-order valence-corrected chi connectivity index (χ2v) is 5.20. The summed E-state index contributed by atoms with van der Waals surface area (Å²) in [5.41, 5.74) is 10.3. The number of anilines is 3. The molecule has 0 aliphatic heterocycles. The molecule has 0 aliphatic carbocycles. The highest BCUT2D eigenvalue weighted by Crippen LogP contribution is 2.29. The molecule has 0 amide bonds. The third-order valence-electron chi connectivity index (χ3n) is 3.62. The number of pyridine rings is 1. The van der Waals surface area contributed by atoms with Crippen LogP contribution in [0.2, 0.25) is 0 Å². The minimum Gasteiger partial charge on any atom is -0.398 e. The van der Waals surface area contributed by atoms with Gasteiger partial charge in [-0.25, -0.2) is 0 Å². The summed E-state index contributed by atoms with van der Waals surface area (Å²) < 4.78 is 0. The fourth-order valence-corrected chi connectivity index (χ4v) is 2.52. The second kappa shape index (κ2) is 5.83. The Bertz CT molecular complexity index is 748. The van der Waals surface area contributed by atoms with Gasteiger partial charge in [-0.3, -0.25) is 4.98 Å². The maximum atomic E-state index is 6.02. The molecule has 2 aromatic carbocycles. The van der Waals surface area contributed by atoms with Gasteiger partial charge in [-0.05, 0) is 42.3 Å². The van der Waals surface area contributed by atoms with Crippen molar-refractivity contribution in [1.29, 1.82) is 0 Å². The molecule has 3 aromatic rings. The third-order valence-corrected chi connectivity index (χ3v) is 3.62. The molecule has 106 valence electrons. The molecule has 3 nitrogen and oxygen atoms in total. The minimum atomic E-state index is 0.774. The lowest BCUT2D eigenvalue weighted by molar-refractivity contribution is 0.922. The van der Waals surface area contributed by atoms with Crippen molar-refractivity contribution >= 4 is 27.8 Å². The first-order chi connectivity index (χ1) is 10.3. The third kappa shape index (κ3) is 2.82. The Morgan fingerprint density at radius 3 is 2.57 bits per heavy atom. The van der Waals surface area contributed by atoms with Crippen LogP contribution in [0.1, 0.15) is 18.9 Å². The predicted molar refractivity (Wildman–Crippen MR) is 89.9 cm³/mol. The van der Waals surface area contributed by atoms with Gasteiger partial charge < -0.3 is 11.1 Å². The van der Waals surface area contributed by atoms with Gasteiger partial charge in [0.2, 0.25) is 0 Å². The van der Waals surface area contributed by atoms with Gasteiger partial charge in [-0.15, -0.1) is 0 Å². The molecule has 0 atom stereocenters. The van der Waals surface area contributed by atoms with E-state index in [4.69, 9.17) is 5.73 Å². The van der Waals surface area contributed by atoms with E-state index >= 15 is 0 Å². The molecule has 3 heteroatoms. The van der Waals surface area contributed by atoms with E-state index in [-0.39, 0.29) is 0 Å². The first-order valence-electron chi connectivity index (χ1n) is 7.26. The number of benzene rings is 2. The van der Waals surface area contributed by atoms with Crippen LogP contribution in [0.3, 0.4) is 0 Å². The van der Waals surface area contributed by atoms with Crippen molar-refractivity contribution in [3.05, 3.63) is 60.4 Å². The number of nitrogens with zero attached hydrogens (tertiary/aromatic N) is 1. The Balaban J connectivity index is 1.93. The molecule has 0 fully saturated rings. The van der Waals surface area contributed by atoms with Gasteiger partial charge in [0.25, 0.3) is 0 Å². The molecule has 3 rings (SSSR count). The van der Waals surface area contributed by atoms with Crippen LogP contribution in [0.15, 0.2) is 54.9 Å². The summed E-state index contributed by atoms with van der Waals surface area (Å²) in [5.74, 6) is 0. The lowest BCUT2D eigenvalue weighted by Gasteiger charge is -2.11. The number of fused-ring (bicyclic) bond motifs is 1. The number of hydrogen-bond donors (Lipinski definition) is 2. The van der Waals surface area contributed by atoms with E-state index in [1.807, 2.05) is 24.4 Å². The van der Waals surface area contributed by atoms with Gasteiger partial charge >= 0.3 is 0 Å². The molecule has 1 heterocycles. The SMILES string of the molecule is CCCc1ccc(Nc2ccc(N)c3ccncc23)cc1. The number of hydrogen-bond acceptors (Lipinski definition) is 3. The molecule has 21 heavy (non-hydrogen) atoms. The van der Waals surface area contributed by atoms with Crippen molar-refractivity contribution in [3.63, 3.8) is 0 Å². The lowest BCUT2D eigenvalue weighted by atomic mass is 10.1. The topological polar surface area (TPSA) is 50.9 Å². The largest absolute Gasteiger partial charge is 0.398 e. The van der Waals surface area contributed by atoms with Crippen LogP contribution in [0, 0.1) is 0 Å². The monoisotopic (exact) mass is 277 g/mol.